The van der Waals surface area contributed by atoms with Crippen molar-refractivity contribution in [2.45, 2.75) is 0 Å². The molecular weight excluding hydrogens is 705 g/mol. The molecule has 0 amide bonds. The molecule has 0 spiro atoms. The predicted octanol–water partition coefficient (Wildman–Crippen LogP) is 10.9. The maximum atomic E-state index is 2.53. The number of fused-ring (bicyclic) bond motifs is 7. The smallest absolute Gasteiger partial charge is 0.179 e. The van der Waals surface area contributed by atoms with Crippen LogP contribution in [0.3, 0.4) is 0 Å². The first kappa shape index (κ1) is 33.2. The summed E-state index contributed by atoms with van der Waals surface area (Å²) in [7, 11) is -2.75. The van der Waals surface area contributed by atoms with Crippen molar-refractivity contribution in [3.8, 4) is 22.5 Å². The zero-order valence-electron chi connectivity index (χ0n) is 31.3. The number of hydrogen-bond acceptors (Lipinski definition) is 0. The van der Waals surface area contributed by atoms with E-state index in [2.05, 4.69) is 240 Å². The Morgan fingerprint density at radius 2 is 0.772 bits per heavy atom. The number of benzene rings is 9. The number of aromatic nitrogens is 2. The Morgan fingerprint density at radius 3 is 1.39 bits per heavy atom. The molecule has 0 aliphatic carbocycles. The zero-order valence-corrected chi connectivity index (χ0v) is 32.3. The lowest BCUT2D eigenvalue weighted by atomic mass is 10.0. The standard InChI is InChI=1S/C54H38N2Si/c1-6-21-40(22-7-1)55-50-35-17-16-32-49(50)52-51(55)37-36-48-47-34-19-33-46(53(47)56(54(48)52)41-23-8-2-9-24-41)39-20-18-31-45(38-39)57(42-25-10-3-11-26-42,43-27-12-4-13-28-43)44-29-14-5-15-30-44/h1-38H. The van der Waals surface area contributed by atoms with Crippen molar-refractivity contribution in [2.24, 2.45) is 0 Å². The van der Waals surface area contributed by atoms with Crippen LogP contribution in [0.25, 0.3) is 66.1 Å². The van der Waals surface area contributed by atoms with Gasteiger partial charge in [0.25, 0.3) is 0 Å². The van der Waals surface area contributed by atoms with Gasteiger partial charge in [0.1, 0.15) is 0 Å². The van der Waals surface area contributed by atoms with Crippen LogP contribution < -0.4 is 20.7 Å². The molecule has 268 valence electrons. The minimum atomic E-state index is -2.75. The maximum Gasteiger partial charge on any atom is 0.179 e. The topological polar surface area (TPSA) is 9.86 Å². The van der Waals surface area contributed by atoms with E-state index in [-0.39, 0.29) is 0 Å². The average Bonchev–Trinajstić information content (AvgIpc) is 3.82. The molecule has 0 unspecified atom stereocenters. The Morgan fingerprint density at radius 1 is 0.298 bits per heavy atom. The van der Waals surface area contributed by atoms with Crippen LogP contribution in [0.15, 0.2) is 231 Å². The van der Waals surface area contributed by atoms with Crippen LogP contribution in [-0.4, -0.2) is 17.2 Å². The second-order valence-corrected chi connectivity index (χ2v) is 18.7. The van der Waals surface area contributed by atoms with Crippen molar-refractivity contribution in [1.29, 1.82) is 0 Å². The summed E-state index contributed by atoms with van der Waals surface area (Å²) in [4.78, 5) is 0. The fourth-order valence-electron chi connectivity index (χ4n) is 9.51. The molecule has 2 nitrogen and oxygen atoms in total. The summed E-state index contributed by atoms with van der Waals surface area (Å²) in [5.41, 5.74) is 9.57. The van der Waals surface area contributed by atoms with E-state index in [1.165, 1.54) is 75.5 Å². The normalized spacial score (nSPS) is 11.9. The Balaban J connectivity index is 1.25. The maximum absolute atomic E-state index is 2.75. The average molecular weight is 743 g/mol. The summed E-state index contributed by atoms with van der Waals surface area (Å²) in [5, 5.41) is 10.5. The summed E-state index contributed by atoms with van der Waals surface area (Å²) < 4.78 is 4.95. The lowest BCUT2D eigenvalue weighted by molar-refractivity contribution is 1.17. The molecule has 0 aliphatic rings. The second kappa shape index (κ2) is 13.5. The zero-order chi connectivity index (χ0) is 37.8. The first-order valence-electron chi connectivity index (χ1n) is 19.7. The van der Waals surface area contributed by atoms with E-state index in [1.54, 1.807) is 0 Å². The van der Waals surface area contributed by atoms with E-state index in [9.17, 15) is 0 Å². The van der Waals surface area contributed by atoms with Crippen LogP contribution in [0.5, 0.6) is 0 Å². The number of para-hydroxylation sites is 4. The molecule has 0 bridgehead atoms. The van der Waals surface area contributed by atoms with Gasteiger partial charge in [0, 0.05) is 38.5 Å². The molecule has 0 radical (unpaired) electrons. The Kier molecular flexibility index (Phi) is 7.87. The van der Waals surface area contributed by atoms with E-state index in [0.29, 0.717) is 0 Å². The molecule has 0 fully saturated rings. The molecule has 0 N–H and O–H groups in total. The Bertz CT molecular complexity index is 3110. The summed E-state index contributed by atoms with van der Waals surface area (Å²) in [6, 6.07) is 85.1. The third-order valence-electron chi connectivity index (χ3n) is 11.8. The van der Waals surface area contributed by atoms with Crippen molar-refractivity contribution in [1.82, 2.24) is 9.13 Å². The van der Waals surface area contributed by atoms with Gasteiger partial charge >= 0.3 is 0 Å². The third-order valence-corrected chi connectivity index (χ3v) is 16.6. The SMILES string of the molecule is c1ccc(-n2c3ccccc3c3c2ccc2c4cccc(-c5cccc([Si](c6ccccc6)(c6ccccc6)c6ccccc6)c5)c4n(-c4ccccc4)c23)cc1. The van der Waals surface area contributed by atoms with Gasteiger partial charge in [-0.15, -0.1) is 0 Å². The first-order chi connectivity index (χ1) is 28.3. The van der Waals surface area contributed by atoms with E-state index < -0.39 is 8.07 Å². The lowest BCUT2D eigenvalue weighted by Crippen LogP contribution is -2.74. The number of nitrogens with zero attached hydrogens (tertiary/aromatic N) is 2. The molecule has 0 atom stereocenters. The van der Waals surface area contributed by atoms with Crippen molar-refractivity contribution < 1.29 is 0 Å². The predicted molar refractivity (Wildman–Crippen MR) is 244 cm³/mol. The number of rotatable bonds is 7. The Labute approximate surface area is 333 Å². The van der Waals surface area contributed by atoms with E-state index in [1.807, 2.05) is 0 Å². The molecule has 2 aromatic heterocycles. The van der Waals surface area contributed by atoms with Gasteiger partial charge in [-0.3, -0.25) is 0 Å². The minimum Gasteiger partial charge on any atom is -0.309 e. The third kappa shape index (κ3) is 5.10. The fraction of sp³-hybridized carbons (Fsp3) is 0. The highest BCUT2D eigenvalue weighted by molar-refractivity contribution is 7.19. The molecule has 11 rings (SSSR count). The molecule has 3 heteroatoms. The summed E-state index contributed by atoms with van der Waals surface area (Å²) in [6.07, 6.45) is 0. The minimum absolute atomic E-state index is 1.15. The molecule has 0 saturated carbocycles. The summed E-state index contributed by atoms with van der Waals surface area (Å²) in [5.74, 6) is 0. The van der Waals surface area contributed by atoms with Crippen LogP contribution in [-0.2, 0) is 0 Å². The van der Waals surface area contributed by atoms with Gasteiger partial charge in [0.15, 0.2) is 8.07 Å². The molecule has 2 heterocycles. The van der Waals surface area contributed by atoms with Crippen LogP contribution in [0.1, 0.15) is 0 Å². The lowest BCUT2D eigenvalue weighted by Gasteiger charge is -2.34. The van der Waals surface area contributed by atoms with Crippen molar-refractivity contribution in [3.63, 3.8) is 0 Å². The van der Waals surface area contributed by atoms with Crippen LogP contribution in [0.2, 0.25) is 0 Å². The highest BCUT2D eigenvalue weighted by Crippen LogP contribution is 2.44. The van der Waals surface area contributed by atoms with E-state index >= 15 is 0 Å². The molecule has 0 saturated heterocycles. The van der Waals surface area contributed by atoms with Gasteiger partial charge in [0.05, 0.1) is 22.1 Å². The van der Waals surface area contributed by atoms with Crippen LogP contribution in [0, 0.1) is 0 Å². The monoisotopic (exact) mass is 742 g/mol. The van der Waals surface area contributed by atoms with Crippen LogP contribution >= 0.6 is 0 Å². The van der Waals surface area contributed by atoms with Gasteiger partial charge in [-0.05, 0) is 62.7 Å². The van der Waals surface area contributed by atoms with Gasteiger partial charge in [0.2, 0.25) is 0 Å². The molecule has 57 heavy (non-hydrogen) atoms. The van der Waals surface area contributed by atoms with Crippen molar-refractivity contribution in [2.75, 3.05) is 0 Å². The van der Waals surface area contributed by atoms with Crippen molar-refractivity contribution in [3.05, 3.63) is 231 Å². The molecule has 9 aromatic carbocycles. The fourth-order valence-corrected chi connectivity index (χ4v) is 14.3. The van der Waals surface area contributed by atoms with Gasteiger partial charge in [-0.2, -0.15) is 0 Å². The van der Waals surface area contributed by atoms with Gasteiger partial charge in [-0.25, -0.2) is 0 Å². The largest absolute Gasteiger partial charge is 0.309 e. The number of hydrogen-bond donors (Lipinski definition) is 0. The molecular formula is C54H38N2Si. The highest BCUT2D eigenvalue weighted by Gasteiger charge is 2.41. The molecule has 11 aromatic rings. The summed E-state index contributed by atoms with van der Waals surface area (Å²) >= 11 is 0. The van der Waals surface area contributed by atoms with E-state index in [0.717, 1.165) is 11.4 Å². The first-order valence-corrected chi connectivity index (χ1v) is 21.7. The second-order valence-electron chi connectivity index (χ2n) is 14.8. The highest BCUT2D eigenvalue weighted by atomic mass is 28.3. The van der Waals surface area contributed by atoms with Gasteiger partial charge in [-0.1, -0.05) is 194 Å². The Hall–Kier alpha value is -7.20. The van der Waals surface area contributed by atoms with E-state index in [4.69, 9.17) is 0 Å². The van der Waals surface area contributed by atoms with Crippen molar-refractivity contribution >= 4 is 72.4 Å². The summed E-state index contributed by atoms with van der Waals surface area (Å²) in [6.45, 7) is 0. The van der Waals surface area contributed by atoms with Crippen LogP contribution in [0.4, 0.5) is 0 Å². The molecule has 0 aliphatic heterocycles. The quantitative estimate of drug-likeness (QED) is 0.114. The van der Waals surface area contributed by atoms with Gasteiger partial charge < -0.3 is 9.13 Å².